The van der Waals surface area contributed by atoms with Crippen LogP contribution in [0.4, 0.5) is 4.39 Å². The summed E-state index contributed by atoms with van der Waals surface area (Å²) >= 11 is 5.91. The highest BCUT2D eigenvalue weighted by Crippen LogP contribution is 2.26. The van der Waals surface area contributed by atoms with Gasteiger partial charge < -0.3 is 4.74 Å². The molecular formula is C14H12ClFO. The molecule has 2 rings (SSSR count). The van der Waals surface area contributed by atoms with Gasteiger partial charge in [-0.15, -0.1) is 0 Å². The fourth-order valence-corrected chi connectivity index (χ4v) is 1.57. The van der Waals surface area contributed by atoms with Crippen LogP contribution in [-0.4, -0.2) is 0 Å². The maximum Gasteiger partial charge on any atom is 0.130 e. The Morgan fingerprint density at radius 2 is 1.59 bits per heavy atom. The lowest BCUT2D eigenvalue weighted by atomic mass is 10.2. The molecule has 88 valence electrons. The van der Waals surface area contributed by atoms with Crippen LogP contribution < -0.4 is 4.74 Å². The van der Waals surface area contributed by atoms with Crippen LogP contribution in [-0.2, 0) is 0 Å². The minimum atomic E-state index is -0.270. The molecule has 1 nitrogen and oxygen atoms in total. The summed E-state index contributed by atoms with van der Waals surface area (Å²) < 4.78 is 18.9. The Bertz CT molecular complexity index is 502. The van der Waals surface area contributed by atoms with Gasteiger partial charge in [0.15, 0.2) is 0 Å². The van der Waals surface area contributed by atoms with Gasteiger partial charge in [-0.25, -0.2) is 4.39 Å². The number of hydrogen-bond acceptors (Lipinski definition) is 1. The molecule has 0 aliphatic heterocycles. The van der Waals surface area contributed by atoms with Crippen LogP contribution in [0.1, 0.15) is 11.1 Å². The first-order valence-electron chi connectivity index (χ1n) is 5.26. The van der Waals surface area contributed by atoms with Gasteiger partial charge in [0.1, 0.15) is 17.3 Å². The second kappa shape index (κ2) is 4.76. The topological polar surface area (TPSA) is 9.23 Å². The molecule has 0 fully saturated rings. The van der Waals surface area contributed by atoms with E-state index in [9.17, 15) is 4.39 Å². The Balaban J connectivity index is 2.25. The van der Waals surface area contributed by atoms with Gasteiger partial charge in [-0.1, -0.05) is 17.7 Å². The van der Waals surface area contributed by atoms with Crippen molar-refractivity contribution < 1.29 is 9.13 Å². The Kier molecular flexibility index (Phi) is 3.34. The van der Waals surface area contributed by atoms with Gasteiger partial charge in [0.25, 0.3) is 0 Å². The average molecular weight is 251 g/mol. The zero-order valence-corrected chi connectivity index (χ0v) is 10.4. The van der Waals surface area contributed by atoms with E-state index >= 15 is 0 Å². The van der Waals surface area contributed by atoms with Crippen molar-refractivity contribution in [2.45, 2.75) is 13.8 Å². The lowest BCUT2D eigenvalue weighted by molar-refractivity contribution is 0.475. The van der Waals surface area contributed by atoms with E-state index in [-0.39, 0.29) is 5.82 Å². The van der Waals surface area contributed by atoms with E-state index in [2.05, 4.69) is 0 Å². The number of halogens is 2. The van der Waals surface area contributed by atoms with Crippen LogP contribution in [0.15, 0.2) is 36.4 Å². The number of ether oxygens (including phenoxy) is 1. The quantitative estimate of drug-likeness (QED) is 0.737. The monoisotopic (exact) mass is 250 g/mol. The Labute approximate surface area is 105 Å². The Morgan fingerprint density at radius 1 is 0.941 bits per heavy atom. The molecule has 3 heteroatoms. The van der Waals surface area contributed by atoms with Crippen molar-refractivity contribution in [3.05, 3.63) is 58.4 Å². The number of benzene rings is 2. The largest absolute Gasteiger partial charge is 0.457 e. The maximum absolute atomic E-state index is 13.3. The molecular weight excluding hydrogens is 239 g/mol. The summed E-state index contributed by atoms with van der Waals surface area (Å²) in [5.74, 6) is 0.859. The molecule has 0 aliphatic rings. The van der Waals surface area contributed by atoms with Crippen LogP contribution in [0.2, 0.25) is 5.02 Å². The minimum Gasteiger partial charge on any atom is -0.457 e. The van der Waals surface area contributed by atoms with Gasteiger partial charge >= 0.3 is 0 Å². The van der Waals surface area contributed by atoms with Crippen LogP contribution in [0, 0.1) is 19.7 Å². The van der Waals surface area contributed by atoms with Crippen molar-refractivity contribution in [3.63, 3.8) is 0 Å². The van der Waals surface area contributed by atoms with E-state index in [0.717, 1.165) is 5.56 Å². The fraction of sp³-hybridized carbons (Fsp3) is 0.143. The highest BCUT2D eigenvalue weighted by Gasteiger charge is 2.03. The Morgan fingerprint density at radius 3 is 2.24 bits per heavy atom. The van der Waals surface area contributed by atoms with Gasteiger partial charge in [0, 0.05) is 11.1 Å². The molecule has 0 amide bonds. The second-order valence-corrected chi connectivity index (χ2v) is 4.33. The van der Waals surface area contributed by atoms with E-state index in [4.69, 9.17) is 16.3 Å². The van der Waals surface area contributed by atoms with Crippen LogP contribution in [0.25, 0.3) is 0 Å². The van der Waals surface area contributed by atoms with Gasteiger partial charge in [-0.05, 0) is 49.2 Å². The standard InChI is InChI=1S/C14H12ClFO/c1-9-3-4-12(8-14(9)16)17-11-5-6-13(15)10(2)7-11/h3-8H,1-2H3. The first-order valence-corrected chi connectivity index (χ1v) is 5.64. The normalized spacial score (nSPS) is 10.4. The third-order valence-electron chi connectivity index (χ3n) is 2.51. The predicted octanol–water partition coefficient (Wildman–Crippen LogP) is 4.89. The highest BCUT2D eigenvalue weighted by molar-refractivity contribution is 6.31. The second-order valence-electron chi connectivity index (χ2n) is 3.92. The summed E-state index contributed by atoms with van der Waals surface area (Å²) in [5, 5.41) is 0.687. The summed E-state index contributed by atoms with van der Waals surface area (Å²) in [4.78, 5) is 0. The third-order valence-corrected chi connectivity index (χ3v) is 2.93. The minimum absolute atomic E-state index is 0.270. The van der Waals surface area contributed by atoms with E-state index < -0.39 is 0 Å². The summed E-state index contributed by atoms with van der Waals surface area (Å²) in [5.41, 5.74) is 1.53. The van der Waals surface area contributed by atoms with Crippen LogP contribution in [0.5, 0.6) is 11.5 Å². The molecule has 2 aromatic carbocycles. The van der Waals surface area contributed by atoms with Crippen molar-refractivity contribution in [2.75, 3.05) is 0 Å². The lowest BCUT2D eigenvalue weighted by Crippen LogP contribution is -1.88. The first-order chi connectivity index (χ1) is 8.06. The van der Waals surface area contributed by atoms with E-state index in [0.29, 0.717) is 22.1 Å². The van der Waals surface area contributed by atoms with Gasteiger partial charge in [-0.3, -0.25) is 0 Å². The van der Waals surface area contributed by atoms with Crippen molar-refractivity contribution in [3.8, 4) is 11.5 Å². The molecule has 0 N–H and O–H groups in total. The molecule has 0 atom stereocenters. The molecule has 17 heavy (non-hydrogen) atoms. The zero-order valence-electron chi connectivity index (χ0n) is 9.63. The summed E-state index contributed by atoms with van der Waals surface area (Å²) in [6.07, 6.45) is 0. The molecule has 0 unspecified atom stereocenters. The van der Waals surface area contributed by atoms with Gasteiger partial charge in [-0.2, -0.15) is 0 Å². The lowest BCUT2D eigenvalue weighted by Gasteiger charge is -2.08. The van der Waals surface area contributed by atoms with E-state index in [1.807, 2.05) is 13.0 Å². The number of aryl methyl sites for hydroxylation is 2. The number of hydrogen-bond donors (Lipinski definition) is 0. The predicted molar refractivity (Wildman–Crippen MR) is 67.4 cm³/mol. The van der Waals surface area contributed by atoms with Crippen molar-refractivity contribution in [1.29, 1.82) is 0 Å². The molecule has 0 saturated carbocycles. The van der Waals surface area contributed by atoms with E-state index in [1.165, 1.54) is 6.07 Å². The first kappa shape index (κ1) is 11.9. The molecule has 0 radical (unpaired) electrons. The molecule has 0 spiro atoms. The van der Waals surface area contributed by atoms with Gasteiger partial charge in [0.05, 0.1) is 0 Å². The van der Waals surface area contributed by atoms with Crippen LogP contribution >= 0.6 is 11.6 Å². The molecule has 0 aromatic heterocycles. The van der Waals surface area contributed by atoms with Crippen molar-refractivity contribution in [1.82, 2.24) is 0 Å². The zero-order chi connectivity index (χ0) is 12.4. The van der Waals surface area contributed by atoms with Gasteiger partial charge in [0.2, 0.25) is 0 Å². The fourth-order valence-electron chi connectivity index (χ4n) is 1.45. The summed E-state index contributed by atoms with van der Waals surface area (Å²) in [6.45, 7) is 3.61. The van der Waals surface area contributed by atoms with Crippen molar-refractivity contribution >= 4 is 11.6 Å². The maximum atomic E-state index is 13.3. The number of rotatable bonds is 2. The third kappa shape index (κ3) is 2.77. The summed E-state index contributed by atoms with van der Waals surface area (Å²) in [6, 6.07) is 10.1. The molecule has 0 saturated heterocycles. The highest BCUT2D eigenvalue weighted by atomic mass is 35.5. The van der Waals surface area contributed by atoms with E-state index in [1.54, 1.807) is 31.2 Å². The average Bonchev–Trinajstić information content (AvgIpc) is 2.29. The molecule has 0 heterocycles. The van der Waals surface area contributed by atoms with Crippen LogP contribution in [0.3, 0.4) is 0 Å². The molecule has 0 aliphatic carbocycles. The SMILES string of the molecule is Cc1ccc(Oc2ccc(Cl)c(C)c2)cc1F. The van der Waals surface area contributed by atoms with Crippen molar-refractivity contribution in [2.24, 2.45) is 0 Å². The smallest absolute Gasteiger partial charge is 0.130 e. The Hall–Kier alpha value is -1.54. The molecule has 2 aromatic rings. The summed E-state index contributed by atoms with van der Waals surface area (Å²) in [7, 11) is 0. The molecule has 0 bridgehead atoms.